The van der Waals surface area contributed by atoms with Crippen LogP contribution in [-0.4, -0.2) is 55.5 Å². The summed E-state index contributed by atoms with van der Waals surface area (Å²) in [5.41, 5.74) is 1.64. The molecule has 0 N–H and O–H groups in total. The van der Waals surface area contributed by atoms with Crippen LogP contribution in [0.25, 0.3) is 0 Å². The lowest BCUT2D eigenvalue weighted by molar-refractivity contribution is -0.133. The standard InChI is InChI=1S/C16H22N2O3/c1-17(2)15(19)14-5-4-10-18(14)11-12-6-8-13(9-7-12)16(20)21-3/h6-9,14H,4-5,10-11H2,1-3H3. The lowest BCUT2D eigenvalue weighted by Gasteiger charge is -2.26. The molecule has 1 amide bonds. The predicted octanol–water partition coefficient (Wildman–Crippen LogP) is 1.53. The molecular formula is C16H22N2O3. The van der Waals surface area contributed by atoms with E-state index in [2.05, 4.69) is 9.64 Å². The van der Waals surface area contributed by atoms with Crippen LogP contribution in [-0.2, 0) is 16.1 Å². The van der Waals surface area contributed by atoms with Gasteiger partial charge in [-0.05, 0) is 37.1 Å². The molecule has 5 nitrogen and oxygen atoms in total. The van der Waals surface area contributed by atoms with Crippen molar-refractivity contribution in [1.82, 2.24) is 9.80 Å². The molecule has 0 aliphatic carbocycles. The highest BCUT2D eigenvalue weighted by molar-refractivity contribution is 5.89. The molecule has 1 aromatic carbocycles. The van der Waals surface area contributed by atoms with Gasteiger partial charge in [0.2, 0.25) is 5.91 Å². The summed E-state index contributed by atoms with van der Waals surface area (Å²) < 4.78 is 4.68. The first kappa shape index (κ1) is 15.5. The van der Waals surface area contributed by atoms with Gasteiger partial charge in [0.15, 0.2) is 0 Å². The highest BCUT2D eigenvalue weighted by Crippen LogP contribution is 2.21. The fourth-order valence-electron chi connectivity index (χ4n) is 2.69. The average molecular weight is 290 g/mol. The van der Waals surface area contributed by atoms with Gasteiger partial charge in [0.25, 0.3) is 0 Å². The van der Waals surface area contributed by atoms with Gasteiger partial charge < -0.3 is 9.64 Å². The van der Waals surface area contributed by atoms with E-state index in [0.717, 1.165) is 31.5 Å². The zero-order chi connectivity index (χ0) is 15.4. The molecule has 0 saturated carbocycles. The van der Waals surface area contributed by atoms with Gasteiger partial charge in [-0.25, -0.2) is 4.79 Å². The SMILES string of the molecule is COC(=O)c1ccc(CN2CCCC2C(=O)N(C)C)cc1. The Balaban J connectivity index is 2.03. The highest BCUT2D eigenvalue weighted by atomic mass is 16.5. The van der Waals surface area contributed by atoms with Crippen molar-refractivity contribution in [3.63, 3.8) is 0 Å². The molecule has 0 spiro atoms. The number of amides is 1. The van der Waals surface area contributed by atoms with Gasteiger partial charge in [-0.2, -0.15) is 0 Å². The monoisotopic (exact) mass is 290 g/mol. The minimum Gasteiger partial charge on any atom is -0.465 e. The maximum absolute atomic E-state index is 12.2. The van der Waals surface area contributed by atoms with Crippen LogP contribution < -0.4 is 0 Å². The van der Waals surface area contributed by atoms with E-state index in [1.54, 1.807) is 31.1 Å². The van der Waals surface area contributed by atoms with E-state index >= 15 is 0 Å². The zero-order valence-electron chi connectivity index (χ0n) is 12.8. The van der Waals surface area contributed by atoms with Crippen molar-refractivity contribution in [2.75, 3.05) is 27.7 Å². The number of rotatable bonds is 4. The molecule has 21 heavy (non-hydrogen) atoms. The van der Waals surface area contributed by atoms with Crippen molar-refractivity contribution in [2.24, 2.45) is 0 Å². The Morgan fingerprint density at radius 1 is 1.29 bits per heavy atom. The first-order chi connectivity index (χ1) is 10.0. The summed E-state index contributed by atoms with van der Waals surface area (Å²) in [5.74, 6) is -0.165. The predicted molar refractivity (Wildman–Crippen MR) is 79.9 cm³/mol. The fraction of sp³-hybridized carbons (Fsp3) is 0.500. The number of methoxy groups -OCH3 is 1. The van der Waals surface area contributed by atoms with E-state index < -0.39 is 0 Å². The van der Waals surface area contributed by atoms with Crippen LogP contribution in [0.5, 0.6) is 0 Å². The molecule has 5 heteroatoms. The summed E-state index contributed by atoms with van der Waals surface area (Å²) in [4.78, 5) is 27.4. The Kier molecular flexibility index (Phi) is 4.96. The summed E-state index contributed by atoms with van der Waals surface area (Å²) in [7, 11) is 4.96. The Morgan fingerprint density at radius 3 is 2.52 bits per heavy atom. The minimum atomic E-state index is -0.330. The molecule has 1 unspecified atom stereocenters. The summed E-state index contributed by atoms with van der Waals surface area (Å²) in [6, 6.07) is 7.34. The van der Waals surface area contributed by atoms with Crippen molar-refractivity contribution in [3.05, 3.63) is 35.4 Å². The summed E-state index contributed by atoms with van der Waals surface area (Å²) in [6.45, 7) is 1.66. The lowest BCUT2D eigenvalue weighted by atomic mass is 10.1. The molecule has 0 aromatic heterocycles. The van der Waals surface area contributed by atoms with Gasteiger partial charge in [0.1, 0.15) is 0 Å². The minimum absolute atomic E-state index is 0.0275. The second-order valence-corrected chi connectivity index (χ2v) is 5.55. The van der Waals surface area contributed by atoms with Gasteiger partial charge in [0, 0.05) is 20.6 Å². The molecule has 0 radical (unpaired) electrons. The second kappa shape index (κ2) is 6.72. The summed E-state index contributed by atoms with van der Waals surface area (Å²) in [5, 5.41) is 0. The van der Waals surface area contributed by atoms with Gasteiger partial charge in [-0.3, -0.25) is 9.69 Å². The van der Waals surface area contributed by atoms with Crippen LogP contribution in [0.2, 0.25) is 0 Å². The molecule has 1 atom stereocenters. The van der Waals surface area contributed by atoms with E-state index in [9.17, 15) is 9.59 Å². The van der Waals surface area contributed by atoms with Crippen molar-refractivity contribution < 1.29 is 14.3 Å². The normalized spacial score (nSPS) is 18.5. The Labute approximate surface area is 125 Å². The molecule has 114 valence electrons. The molecular weight excluding hydrogens is 268 g/mol. The van der Waals surface area contributed by atoms with E-state index in [1.165, 1.54) is 7.11 Å². The number of benzene rings is 1. The molecule has 1 aliphatic rings. The summed E-state index contributed by atoms with van der Waals surface area (Å²) >= 11 is 0. The van der Waals surface area contributed by atoms with E-state index in [1.807, 2.05) is 12.1 Å². The average Bonchev–Trinajstić information content (AvgIpc) is 2.94. The number of carbonyl (C=O) groups is 2. The quantitative estimate of drug-likeness (QED) is 0.789. The van der Waals surface area contributed by atoms with Crippen molar-refractivity contribution in [1.29, 1.82) is 0 Å². The fourth-order valence-corrected chi connectivity index (χ4v) is 2.69. The molecule has 1 fully saturated rings. The number of nitrogens with zero attached hydrogens (tertiary/aromatic N) is 2. The zero-order valence-corrected chi connectivity index (χ0v) is 12.8. The molecule has 1 aromatic rings. The second-order valence-electron chi connectivity index (χ2n) is 5.55. The van der Waals surface area contributed by atoms with E-state index in [0.29, 0.717) is 5.56 Å². The van der Waals surface area contributed by atoms with Gasteiger partial charge in [-0.1, -0.05) is 12.1 Å². The van der Waals surface area contributed by atoms with Crippen LogP contribution >= 0.6 is 0 Å². The number of hydrogen-bond acceptors (Lipinski definition) is 4. The topological polar surface area (TPSA) is 49.9 Å². The number of carbonyl (C=O) groups excluding carboxylic acids is 2. The maximum Gasteiger partial charge on any atom is 0.337 e. The Bertz CT molecular complexity index is 511. The van der Waals surface area contributed by atoms with Crippen molar-refractivity contribution in [3.8, 4) is 0 Å². The van der Waals surface area contributed by atoms with Gasteiger partial charge >= 0.3 is 5.97 Å². The number of esters is 1. The molecule has 2 rings (SSSR count). The molecule has 1 aliphatic heterocycles. The molecule has 1 heterocycles. The van der Waals surface area contributed by atoms with E-state index in [-0.39, 0.29) is 17.9 Å². The first-order valence-electron chi connectivity index (χ1n) is 7.15. The third-order valence-electron chi connectivity index (χ3n) is 3.85. The third kappa shape index (κ3) is 3.61. The van der Waals surface area contributed by atoms with Crippen LogP contribution in [0.3, 0.4) is 0 Å². The molecule has 0 bridgehead atoms. The smallest absolute Gasteiger partial charge is 0.337 e. The molecule has 1 saturated heterocycles. The maximum atomic E-state index is 12.2. The van der Waals surface area contributed by atoms with E-state index in [4.69, 9.17) is 0 Å². The van der Waals surface area contributed by atoms with Gasteiger partial charge in [0.05, 0.1) is 18.7 Å². The van der Waals surface area contributed by atoms with Gasteiger partial charge in [-0.15, -0.1) is 0 Å². The number of likely N-dealkylation sites (N-methyl/N-ethyl adjacent to an activating group) is 1. The largest absolute Gasteiger partial charge is 0.465 e. The highest BCUT2D eigenvalue weighted by Gasteiger charge is 2.31. The number of likely N-dealkylation sites (tertiary alicyclic amines) is 1. The van der Waals surface area contributed by atoms with Crippen molar-refractivity contribution >= 4 is 11.9 Å². The van der Waals surface area contributed by atoms with Crippen molar-refractivity contribution in [2.45, 2.75) is 25.4 Å². The van der Waals surface area contributed by atoms with Crippen LogP contribution in [0.1, 0.15) is 28.8 Å². The summed E-state index contributed by atoms with van der Waals surface area (Å²) in [6.07, 6.45) is 1.96. The Hall–Kier alpha value is -1.88. The first-order valence-corrected chi connectivity index (χ1v) is 7.15. The van der Waals surface area contributed by atoms with Crippen LogP contribution in [0, 0.1) is 0 Å². The van der Waals surface area contributed by atoms with Crippen LogP contribution in [0.15, 0.2) is 24.3 Å². The third-order valence-corrected chi connectivity index (χ3v) is 3.85. The Morgan fingerprint density at radius 2 is 1.95 bits per heavy atom. The number of ether oxygens (including phenoxy) is 1. The number of hydrogen-bond donors (Lipinski definition) is 0. The van der Waals surface area contributed by atoms with Crippen LogP contribution in [0.4, 0.5) is 0 Å². The lowest BCUT2D eigenvalue weighted by Crippen LogP contribution is -2.42.